The predicted molar refractivity (Wildman–Crippen MR) is 125 cm³/mol. The summed E-state index contributed by atoms with van der Waals surface area (Å²) >= 11 is 0. The van der Waals surface area contributed by atoms with Gasteiger partial charge in [-0.05, 0) is 6.07 Å². The molecule has 166 valence electrons. The van der Waals surface area contributed by atoms with Crippen molar-refractivity contribution in [1.29, 1.82) is 0 Å². The molecule has 0 unspecified atom stereocenters. The molecule has 1 aliphatic carbocycles. The molecule has 0 bridgehead atoms. The van der Waals surface area contributed by atoms with Crippen LogP contribution in [0.1, 0.15) is 21.6 Å². The molecule has 1 N–H and O–H groups in total. The van der Waals surface area contributed by atoms with Crippen molar-refractivity contribution in [2.45, 2.75) is 0 Å². The van der Waals surface area contributed by atoms with E-state index in [9.17, 15) is 14.7 Å². The maximum absolute atomic E-state index is 13.6. The molecular weight excluding hydrogens is 434 g/mol. The van der Waals surface area contributed by atoms with E-state index in [0.717, 1.165) is 10.9 Å². The van der Waals surface area contributed by atoms with Gasteiger partial charge in [-0.2, -0.15) is 9.61 Å². The van der Waals surface area contributed by atoms with E-state index in [0.29, 0.717) is 54.2 Å². The zero-order valence-electron chi connectivity index (χ0n) is 17.9. The average molecular weight is 451 g/mol. The zero-order valence-corrected chi connectivity index (χ0v) is 17.9. The topological polar surface area (TPSA) is 110 Å². The summed E-state index contributed by atoms with van der Waals surface area (Å²) < 4.78 is 6.69. The third-order valence-electron chi connectivity index (χ3n) is 6.52. The lowest BCUT2D eigenvalue weighted by atomic mass is 9.93. The zero-order chi connectivity index (χ0) is 23.0. The SMILES string of the molecule is O=C1c2ccccc2C(O)=c2c1nc1c3c(N4CCOCC4)nc4ccccc4c3nn1c2=O. The van der Waals surface area contributed by atoms with Crippen LogP contribution in [0, 0.1) is 0 Å². The fourth-order valence-corrected chi connectivity index (χ4v) is 4.89. The van der Waals surface area contributed by atoms with E-state index in [2.05, 4.69) is 15.0 Å². The summed E-state index contributed by atoms with van der Waals surface area (Å²) in [7, 11) is 0. The third-order valence-corrected chi connectivity index (χ3v) is 6.52. The molecule has 9 heteroatoms. The Morgan fingerprint density at radius 2 is 1.65 bits per heavy atom. The molecule has 2 aromatic carbocycles. The van der Waals surface area contributed by atoms with Crippen molar-refractivity contribution in [3.8, 4) is 0 Å². The van der Waals surface area contributed by atoms with Crippen LogP contribution in [0.3, 0.4) is 0 Å². The Bertz CT molecular complexity index is 1800. The number of aromatic nitrogens is 4. The van der Waals surface area contributed by atoms with Crippen LogP contribution in [-0.2, 0) is 4.74 Å². The van der Waals surface area contributed by atoms with Crippen LogP contribution < -0.4 is 15.7 Å². The molecule has 0 radical (unpaired) electrons. The number of aliphatic hydroxyl groups is 1. The predicted octanol–water partition coefficient (Wildman–Crippen LogP) is 1.61. The third kappa shape index (κ3) is 2.44. The lowest BCUT2D eigenvalue weighted by Gasteiger charge is -2.28. The summed E-state index contributed by atoms with van der Waals surface area (Å²) in [6.45, 7) is 2.38. The number of aliphatic hydroxyl groups excluding tert-OH is 1. The molecule has 3 aromatic heterocycles. The number of ether oxygens (including phenoxy) is 1. The molecule has 0 amide bonds. The van der Waals surface area contributed by atoms with E-state index in [1.807, 2.05) is 24.3 Å². The van der Waals surface area contributed by atoms with E-state index in [1.54, 1.807) is 24.3 Å². The standard InChI is InChI=1S/C25H17N5O4/c31-21-13-5-1-2-6-14(13)22(32)20-17(21)25(33)30-24(27-20)18-19(28-30)15-7-3-4-8-16(15)26-23(18)29-9-11-34-12-10-29/h1-8,31H,9-12H2. The van der Waals surface area contributed by atoms with E-state index in [1.165, 1.54) is 4.52 Å². The number of carbonyl (C=O) groups is 1. The quantitative estimate of drug-likeness (QED) is 0.409. The van der Waals surface area contributed by atoms with Gasteiger partial charge in [-0.15, -0.1) is 0 Å². The van der Waals surface area contributed by atoms with Gasteiger partial charge in [0.05, 0.1) is 24.1 Å². The number of rotatable bonds is 1. The number of ketones is 1. The Hall–Kier alpha value is -4.37. The lowest BCUT2D eigenvalue weighted by Crippen LogP contribution is -2.42. The fourth-order valence-electron chi connectivity index (χ4n) is 4.89. The Balaban J connectivity index is 1.66. The highest BCUT2D eigenvalue weighted by Gasteiger charge is 2.30. The highest BCUT2D eigenvalue weighted by Crippen LogP contribution is 2.33. The monoisotopic (exact) mass is 451 g/mol. The summed E-state index contributed by atoms with van der Waals surface area (Å²) in [4.78, 5) is 38.5. The molecule has 2 aliphatic rings. The smallest absolute Gasteiger partial charge is 0.286 e. The summed E-state index contributed by atoms with van der Waals surface area (Å²) in [5.41, 5.74) is 1.53. The van der Waals surface area contributed by atoms with Crippen LogP contribution in [-0.4, -0.2) is 56.8 Å². The molecule has 1 aliphatic heterocycles. The minimum absolute atomic E-state index is 0.0726. The lowest BCUT2D eigenvalue weighted by molar-refractivity contribution is 0.103. The van der Waals surface area contributed by atoms with Gasteiger partial charge in [-0.25, -0.2) is 9.97 Å². The number of benzene rings is 2. The second-order valence-electron chi connectivity index (χ2n) is 8.37. The summed E-state index contributed by atoms with van der Waals surface area (Å²) in [6.07, 6.45) is 0. The Labute approximate surface area is 191 Å². The first-order valence-electron chi connectivity index (χ1n) is 11.0. The number of anilines is 1. The Morgan fingerprint density at radius 3 is 2.47 bits per heavy atom. The van der Waals surface area contributed by atoms with Gasteiger partial charge in [0, 0.05) is 29.6 Å². The second kappa shape index (κ2) is 6.82. The number of hydrogen-bond acceptors (Lipinski definition) is 8. The van der Waals surface area contributed by atoms with Gasteiger partial charge in [0.2, 0.25) is 5.78 Å². The first kappa shape index (κ1) is 19.1. The van der Waals surface area contributed by atoms with Gasteiger partial charge < -0.3 is 14.7 Å². The minimum atomic E-state index is -0.589. The van der Waals surface area contributed by atoms with Crippen LogP contribution in [0.5, 0.6) is 0 Å². The number of morpholine rings is 1. The number of pyridine rings is 1. The van der Waals surface area contributed by atoms with Crippen LogP contribution in [0.2, 0.25) is 0 Å². The molecule has 5 aromatic rings. The van der Waals surface area contributed by atoms with E-state index in [4.69, 9.17) is 9.72 Å². The molecule has 0 saturated carbocycles. The van der Waals surface area contributed by atoms with Gasteiger partial charge in [0.25, 0.3) is 5.56 Å². The first-order chi connectivity index (χ1) is 16.6. The van der Waals surface area contributed by atoms with Crippen LogP contribution in [0.25, 0.3) is 33.2 Å². The largest absolute Gasteiger partial charge is 0.506 e. The van der Waals surface area contributed by atoms with E-state index < -0.39 is 11.3 Å². The number of fused-ring (bicyclic) bond motifs is 7. The van der Waals surface area contributed by atoms with Gasteiger partial charge in [-0.1, -0.05) is 42.5 Å². The van der Waals surface area contributed by atoms with Crippen molar-refractivity contribution in [2.75, 3.05) is 31.2 Å². The molecule has 4 heterocycles. The molecular formula is C25H17N5O4. The molecule has 7 rings (SSSR count). The van der Waals surface area contributed by atoms with Gasteiger partial charge in [0.1, 0.15) is 28.0 Å². The summed E-state index contributed by atoms with van der Waals surface area (Å²) in [5, 5.41) is 16.8. The Morgan fingerprint density at radius 1 is 0.912 bits per heavy atom. The molecule has 34 heavy (non-hydrogen) atoms. The van der Waals surface area contributed by atoms with Crippen molar-refractivity contribution < 1.29 is 14.6 Å². The maximum Gasteiger partial charge on any atom is 0.286 e. The van der Waals surface area contributed by atoms with Gasteiger partial charge in [-0.3, -0.25) is 9.59 Å². The number of para-hydroxylation sites is 1. The fraction of sp³-hybridized carbons (Fsp3) is 0.160. The second-order valence-corrected chi connectivity index (χ2v) is 8.37. The van der Waals surface area contributed by atoms with Gasteiger partial charge in [0.15, 0.2) is 5.65 Å². The summed E-state index contributed by atoms with van der Waals surface area (Å²) in [6, 6.07) is 14.2. The normalized spacial score (nSPS) is 15.8. The number of hydrogen-bond donors (Lipinski definition) is 1. The van der Waals surface area contributed by atoms with Gasteiger partial charge >= 0.3 is 0 Å². The minimum Gasteiger partial charge on any atom is -0.506 e. The van der Waals surface area contributed by atoms with Crippen molar-refractivity contribution in [3.63, 3.8) is 0 Å². The number of carbonyl (C=O) groups excluding carboxylic acids is 1. The molecule has 1 fully saturated rings. The molecule has 1 saturated heterocycles. The molecule has 0 spiro atoms. The highest BCUT2D eigenvalue weighted by atomic mass is 16.5. The van der Waals surface area contributed by atoms with Crippen molar-refractivity contribution in [1.82, 2.24) is 19.6 Å². The Kier molecular flexibility index (Phi) is 3.83. The van der Waals surface area contributed by atoms with Crippen LogP contribution in [0.15, 0.2) is 53.3 Å². The van der Waals surface area contributed by atoms with E-state index in [-0.39, 0.29) is 22.3 Å². The van der Waals surface area contributed by atoms with Crippen molar-refractivity contribution >= 4 is 44.8 Å². The van der Waals surface area contributed by atoms with E-state index >= 15 is 0 Å². The van der Waals surface area contributed by atoms with Crippen LogP contribution in [0.4, 0.5) is 5.82 Å². The first-order valence-corrected chi connectivity index (χ1v) is 11.0. The van der Waals surface area contributed by atoms with Crippen LogP contribution >= 0.6 is 0 Å². The average Bonchev–Trinajstić information content (AvgIpc) is 3.28. The van der Waals surface area contributed by atoms with Crippen molar-refractivity contribution in [2.24, 2.45) is 0 Å². The highest BCUT2D eigenvalue weighted by molar-refractivity contribution is 6.16. The van der Waals surface area contributed by atoms with Crippen molar-refractivity contribution in [3.05, 3.63) is 80.9 Å². The number of nitrogens with zero attached hydrogens (tertiary/aromatic N) is 5. The molecule has 0 atom stereocenters. The molecule has 9 nitrogen and oxygen atoms in total. The maximum atomic E-state index is 13.6. The summed E-state index contributed by atoms with van der Waals surface area (Å²) in [5.74, 6) is -0.0183.